The Labute approximate surface area is 113 Å². The number of nitrogens with zero attached hydrogens (tertiary/aromatic N) is 3. The van der Waals surface area contributed by atoms with Crippen molar-refractivity contribution in [2.45, 2.75) is 44.6 Å². The van der Waals surface area contributed by atoms with E-state index in [1.54, 1.807) is 4.90 Å². The summed E-state index contributed by atoms with van der Waals surface area (Å²) >= 11 is 0. The lowest BCUT2D eigenvalue weighted by atomic mass is 9.97. The fourth-order valence-corrected chi connectivity index (χ4v) is 2.83. The van der Waals surface area contributed by atoms with Gasteiger partial charge >= 0.3 is 6.09 Å². The van der Waals surface area contributed by atoms with E-state index in [-0.39, 0.29) is 12.2 Å². The summed E-state index contributed by atoms with van der Waals surface area (Å²) in [7, 11) is 1.95. The molecule has 1 aromatic heterocycles. The Morgan fingerprint density at radius 1 is 1.37 bits per heavy atom. The fraction of sp³-hybridized carbons (Fsp3) is 0.714. The third kappa shape index (κ3) is 2.46. The molecule has 0 aromatic carbocycles. The second kappa shape index (κ2) is 4.87. The van der Waals surface area contributed by atoms with Gasteiger partial charge in [0.25, 0.3) is 0 Å². The Morgan fingerprint density at radius 3 is 2.63 bits per heavy atom. The van der Waals surface area contributed by atoms with Crippen LogP contribution < -0.4 is 0 Å². The van der Waals surface area contributed by atoms with Gasteiger partial charge in [-0.15, -0.1) is 0 Å². The van der Waals surface area contributed by atoms with Crippen LogP contribution in [0.25, 0.3) is 0 Å². The van der Waals surface area contributed by atoms with Crippen LogP contribution in [0.4, 0.5) is 4.79 Å². The summed E-state index contributed by atoms with van der Waals surface area (Å²) in [6.45, 7) is 3.52. The molecule has 2 fully saturated rings. The molecule has 0 radical (unpaired) electrons. The zero-order chi connectivity index (χ0) is 13.4. The topological polar surface area (TPSA) is 47.4 Å². The lowest BCUT2D eigenvalue weighted by molar-refractivity contribution is 0.0415. The number of carbonyl (C=O) groups excluding carboxylic acids is 1. The maximum absolute atomic E-state index is 11.9. The van der Waals surface area contributed by atoms with Crippen LogP contribution >= 0.6 is 0 Å². The van der Waals surface area contributed by atoms with Gasteiger partial charge in [0.2, 0.25) is 0 Å². The van der Waals surface area contributed by atoms with Crippen molar-refractivity contribution >= 4 is 6.09 Å². The highest BCUT2D eigenvalue weighted by molar-refractivity contribution is 5.69. The molecule has 19 heavy (non-hydrogen) atoms. The van der Waals surface area contributed by atoms with Crippen molar-refractivity contribution in [3.8, 4) is 0 Å². The van der Waals surface area contributed by atoms with Crippen molar-refractivity contribution in [1.29, 1.82) is 0 Å². The average molecular weight is 263 g/mol. The Kier molecular flexibility index (Phi) is 3.21. The summed E-state index contributed by atoms with van der Waals surface area (Å²) in [6.07, 6.45) is 4.45. The molecule has 5 nitrogen and oxygen atoms in total. The molecule has 1 saturated carbocycles. The zero-order valence-electron chi connectivity index (χ0n) is 11.6. The van der Waals surface area contributed by atoms with Crippen LogP contribution in [-0.2, 0) is 11.8 Å². The molecule has 0 spiro atoms. The summed E-state index contributed by atoms with van der Waals surface area (Å²) in [5.41, 5.74) is 2.24. The van der Waals surface area contributed by atoms with E-state index in [2.05, 4.69) is 11.2 Å². The van der Waals surface area contributed by atoms with Gasteiger partial charge in [0, 0.05) is 31.7 Å². The maximum Gasteiger partial charge on any atom is 0.410 e. The molecular weight excluding hydrogens is 242 g/mol. The average Bonchev–Trinajstić information content (AvgIpc) is 2.88. The molecule has 1 aromatic rings. The maximum atomic E-state index is 11.9. The van der Waals surface area contributed by atoms with Crippen molar-refractivity contribution in [1.82, 2.24) is 14.7 Å². The number of carbonyl (C=O) groups is 1. The minimum atomic E-state index is -0.143. The molecule has 104 valence electrons. The van der Waals surface area contributed by atoms with E-state index in [0.717, 1.165) is 37.3 Å². The van der Waals surface area contributed by atoms with E-state index in [1.807, 2.05) is 18.7 Å². The summed E-state index contributed by atoms with van der Waals surface area (Å²) in [5.74, 6) is 0.371. The first-order chi connectivity index (χ1) is 9.13. The molecule has 1 aliphatic heterocycles. The zero-order valence-corrected chi connectivity index (χ0v) is 11.6. The van der Waals surface area contributed by atoms with E-state index in [0.29, 0.717) is 5.92 Å². The van der Waals surface area contributed by atoms with Gasteiger partial charge in [0.05, 0.1) is 5.69 Å². The second-order valence-corrected chi connectivity index (χ2v) is 5.73. The van der Waals surface area contributed by atoms with Crippen LogP contribution in [-0.4, -0.2) is 40.0 Å². The second-order valence-electron chi connectivity index (χ2n) is 5.73. The van der Waals surface area contributed by atoms with Gasteiger partial charge in [-0.2, -0.15) is 5.10 Å². The van der Waals surface area contributed by atoms with E-state index >= 15 is 0 Å². The lowest BCUT2D eigenvalue weighted by Crippen LogP contribution is -2.49. The van der Waals surface area contributed by atoms with Gasteiger partial charge in [-0.3, -0.25) is 4.68 Å². The van der Waals surface area contributed by atoms with Crippen LogP contribution in [0.15, 0.2) is 6.07 Å². The number of likely N-dealkylation sites (tertiary alicyclic amines) is 1. The molecule has 1 amide bonds. The summed E-state index contributed by atoms with van der Waals surface area (Å²) < 4.78 is 7.37. The van der Waals surface area contributed by atoms with Crippen LogP contribution in [0.2, 0.25) is 0 Å². The van der Waals surface area contributed by atoms with Gasteiger partial charge in [-0.25, -0.2) is 4.79 Å². The van der Waals surface area contributed by atoms with Gasteiger partial charge in [0.1, 0.15) is 6.10 Å². The molecule has 0 atom stereocenters. The summed E-state index contributed by atoms with van der Waals surface area (Å²) in [5, 5.41) is 4.47. The van der Waals surface area contributed by atoms with Crippen molar-refractivity contribution < 1.29 is 9.53 Å². The fourth-order valence-electron chi connectivity index (χ4n) is 2.83. The predicted octanol–water partition coefficient (Wildman–Crippen LogP) is 2.21. The van der Waals surface area contributed by atoms with Gasteiger partial charge in [-0.05, 0) is 38.7 Å². The first-order valence-corrected chi connectivity index (χ1v) is 7.09. The minimum absolute atomic E-state index is 0.143. The molecule has 2 heterocycles. The van der Waals surface area contributed by atoms with Crippen LogP contribution in [0, 0.1) is 6.92 Å². The predicted molar refractivity (Wildman–Crippen MR) is 71.0 cm³/mol. The van der Waals surface area contributed by atoms with Crippen LogP contribution in [0.5, 0.6) is 0 Å². The monoisotopic (exact) mass is 263 g/mol. The quantitative estimate of drug-likeness (QED) is 0.822. The highest BCUT2D eigenvalue weighted by Gasteiger charge is 2.35. The van der Waals surface area contributed by atoms with Crippen LogP contribution in [0.1, 0.15) is 43.0 Å². The molecule has 1 aliphatic carbocycles. The van der Waals surface area contributed by atoms with Crippen molar-refractivity contribution in [3.05, 3.63) is 17.5 Å². The number of aromatic nitrogens is 2. The molecule has 5 heteroatoms. The number of ether oxygens (including phenoxy) is 1. The number of hydrogen-bond acceptors (Lipinski definition) is 3. The van der Waals surface area contributed by atoms with Crippen molar-refractivity contribution in [2.24, 2.45) is 7.05 Å². The van der Waals surface area contributed by atoms with E-state index < -0.39 is 0 Å². The van der Waals surface area contributed by atoms with E-state index in [1.165, 1.54) is 12.8 Å². The molecule has 0 N–H and O–H groups in total. The Balaban J connectivity index is 1.50. The summed E-state index contributed by atoms with van der Waals surface area (Å²) in [4.78, 5) is 13.7. The third-order valence-corrected chi connectivity index (χ3v) is 4.26. The number of rotatable bonds is 2. The highest BCUT2D eigenvalue weighted by Crippen LogP contribution is 2.28. The van der Waals surface area contributed by atoms with Gasteiger partial charge in [-0.1, -0.05) is 0 Å². The minimum Gasteiger partial charge on any atom is -0.446 e. The molecule has 0 unspecified atom stereocenters. The van der Waals surface area contributed by atoms with Crippen molar-refractivity contribution in [2.75, 3.05) is 13.1 Å². The van der Waals surface area contributed by atoms with Crippen molar-refractivity contribution in [3.63, 3.8) is 0 Å². The Morgan fingerprint density at radius 2 is 2.05 bits per heavy atom. The first-order valence-electron chi connectivity index (χ1n) is 7.09. The Hall–Kier alpha value is -1.52. The smallest absolute Gasteiger partial charge is 0.410 e. The largest absolute Gasteiger partial charge is 0.446 e. The molecule has 2 aliphatic rings. The number of amides is 1. The SMILES string of the molecule is Cc1cc(C2CN(C(=O)OC3CCCC3)C2)nn1C. The standard InChI is InChI=1S/C14H21N3O2/c1-10-7-13(15-16(10)2)11-8-17(9-11)14(18)19-12-5-3-4-6-12/h7,11-12H,3-6,8-9H2,1-2H3. The molecule has 0 bridgehead atoms. The number of aryl methyl sites for hydroxylation is 2. The first kappa shape index (κ1) is 12.5. The van der Waals surface area contributed by atoms with Crippen LogP contribution in [0.3, 0.4) is 0 Å². The molecule has 3 rings (SSSR count). The lowest BCUT2D eigenvalue weighted by Gasteiger charge is -2.37. The molecular formula is C14H21N3O2. The van der Waals surface area contributed by atoms with E-state index in [9.17, 15) is 4.79 Å². The highest BCUT2D eigenvalue weighted by atomic mass is 16.6. The van der Waals surface area contributed by atoms with Gasteiger partial charge in [0.15, 0.2) is 0 Å². The third-order valence-electron chi connectivity index (χ3n) is 4.26. The molecule has 1 saturated heterocycles. The summed E-state index contributed by atoms with van der Waals surface area (Å²) in [6, 6.07) is 2.10. The normalized spacial score (nSPS) is 20.6. The van der Waals surface area contributed by atoms with Gasteiger partial charge < -0.3 is 9.64 Å². The number of hydrogen-bond donors (Lipinski definition) is 0. The van der Waals surface area contributed by atoms with E-state index in [4.69, 9.17) is 4.74 Å². The Bertz CT molecular complexity index is 452.